The summed E-state index contributed by atoms with van der Waals surface area (Å²) in [5.74, 6) is 1.72. The average Bonchev–Trinajstić information content (AvgIpc) is 3.41. The number of nitrogens with zero attached hydrogens (tertiary/aromatic N) is 1. The highest BCUT2D eigenvalue weighted by Crippen LogP contribution is 2.47. The summed E-state index contributed by atoms with van der Waals surface area (Å²) in [6.07, 6.45) is 3.90. The van der Waals surface area contributed by atoms with Crippen LogP contribution in [0.5, 0.6) is 0 Å². The SMILES string of the molecule is c1ccc(-c2ccccc2-c2oc(-c3c(-c4ccccc4)cncc3-c3ccccc3)c3ccccc23)cc1. The molecule has 2 heterocycles. The Labute approximate surface area is 227 Å². The van der Waals surface area contributed by atoms with Crippen LogP contribution < -0.4 is 0 Å². The van der Waals surface area contributed by atoms with Gasteiger partial charge in [-0.1, -0.05) is 140 Å². The van der Waals surface area contributed by atoms with Crippen LogP contribution in [0.1, 0.15) is 0 Å². The number of benzene rings is 5. The van der Waals surface area contributed by atoms with Gasteiger partial charge in [0.25, 0.3) is 0 Å². The summed E-state index contributed by atoms with van der Waals surface area (Å²) in [7, 11) is 0. The summed E-state index contributed by atoms with van der Waals surface area (Å²) < 4.78 is 7.00. The highest BCUT2D eigenvalue weighted by Gasteiger charge is 2.23. The number of hydrogen-bond donors (Lipinski definition) is 0. The van der Waals surface area contributed by atoms with Gasteiger partial charge in [-0.2, -0.15) is 0 Å². The maximum Gasteiger partial charge on any atom is 0.144 e. The molecule has 0 aliphatic carbocycles. The van der Waals surface area contributed by atoms with Gasteiger partial charge < -0.3 is 4.42 Å². The number of rotatable bonds is 5. The molecule has 7 rings (SSSR count). The zero-order valence-electron chi connectivity index (χ0n) is 21.3. The molecule has 2 heteroatoms. The highest BCUT2D eigenvalue weighted by atomic mass is 16.3. The van der Waals surface area contributed by atoms with Crippen molar-refractivity contribution in [3.05, 3.63) is 152 Å². The predicted molar refractivity (Wildman–Crippen MR) is 161 cm³/mol. The minimum Gasteiger partial charge on any atom is -0.455 e. The zero-order valence-corrected chi connectivity index (χ0v) is 21.3. The van der Waals surface area contributed by atoms with Crippen molar-refractivity contribution in [2.24, 2.45) is 0 Å². The van der Waals surface area contributed by atoms with E-state index >= 15 is 0 Å². The number of aromatic nitrogens is 1. The summed E-state index contributed by atoms with van der Waals surface area (Å²) in [4.78, 5) is 4.68. The monoisotopic (exact) mass is 499 g/mol. The van der Waals surface area contributed by atoms with Gasteiger partial charge in [0.15, 0.2) is 0 Å². The molecule has 5 aromatic carbocycles. The number of hydrogen-bond acceptors (Lipinski definition) is 2. The Hall–Kier alpha value is -5.21. The van der Waals surface area contributed by atoms with Crippen molar-refractivity contribution >= 4 is 10.8 Å². The maximum absolute atomic E-state index is 7.00. The molecule has 0 atom stereocenters. The van der Waals surface area contributed by atoms with Crippen molar-refractivity contribution in [1.29, 1.82) is 0 Å². The standard InChI is InChI=1S/C37H25NO/c1-4-14-26(15-5-1)29-20-10-11-21-30(29)36-31-22-12-13-23-32(31)37(39-36)35-33(27-16-6-2-7-17-27)24-38-25-34(35)28-18-8-3-9-19-28/h1-25H. The van der Waals surface area contributed by atoms with Crippen molar-refractivity contribution in [2.45, 2.75) is 0 Å². The fourth-order valence-electron chi connectivity index (χ4n) is 5.41. The quantitative estimate of drug-likeness (QED) is 0.235. The molecule has 0 unspecified atom stereocenters. The minimum absolute atomic E-state index is 0.851. The predicted octanol–water partition coefficient (Wildman–Crippen LogP) is 10.2. The number of furan rings is 1. The lowest BCUT2D eigenvalue weighted by Crippen LogP contribution is -1.91. The van der Waals surface area contributed by atoms with Crippen LogP contribution in [-0.2, 0) is 0 Å². The Balaban J connectivity index is 1.55. The van der Waals surface area contributed by atoms with Crippen molar-refractivity contribution < 1.29 is 4.42 Å². The maximum atomic E-state index is 7.00. The molecule has 7 aromatic rings. The average molecular weight is 500 g/mol. The Bertz CT molecular complexity index is 1830. The lowest BCUT2D eigenvalue weighted by Gasteiger charge is -2.14. The smallest absolute Gasteiger partial charge is 0.144 e. The minimum atomic E-state index is 0.851. The first-order valence-electron chi connectivity index (χ1n) is 13.1. The van der Waals surface area contributed by atoms with Crippen LogP contribution >= 0.6 is 0 Å². The van der Waals surface area contributed by atoms with E-state index < -0.39 is 0 Å². The van der Waals surface area contributed by atoms with E-state index in [0.29, 0.717) is 0 Å². The molecule has 0 spiro atoms. The van der Waals surface area contributed by atoms with E-state index in [-0.39, 0.29) is 0 Å². The van der Waals surface area contributed by atoms with Crippen LogP contribution in [0.3, 0.4) is 0 Å². The van der Waals surface area contributed by atoms with Crippen molar-refractivity contribution in [3.8, 4) is 56.0 Å². The van der Waals surface area contributed by atoms with E-state index in [1.807, 2.05) is 30.6 Å². The molecule has 0 radical (unpaired) electrons. The van der Waals surface area contributed by atoms with E-state index in [2.05, 4.69) is 126 Å². The summed E-state index contributed by atoms with van der Waals surface area (Å²) >= 11 is 0. The van der Waals surface area contributed by atoms with E-state index in [0.717, 1.165) is 66.8 Å². The summed E-state index contributed by atoms with van der Waals surface area (Å²) in [5.41, 5.74) is 8.71. The molecular weight excluding hydrogens is 474 g/mol. The highest BCUT2D eigenvalue weighted by molar-refractivity contribution is 6.08. The normalized spacial score (nSPS) is 11.1. The first kappa shape index (κ1) is 22.9. The molecule has 0 fully saturated rings. The second kappa shape index (κ2) is 9.92. The van der Waals surface area contributed by atoms with Crippen LogP contribution in [0.4, 0.5) is 0 Å². The summed E-state index contributed by atoms with van der Waals surface area (Å²) in [6.45, 7) is 0. The Morgan fingerprint density at radius 2 is 0.769 bits per heavy atom. The van der Waals surface area contributed by atoms with Crippen molar-refractivity contribution in [1.82, 2.24) is 4.98 Å². The lowest BCUT2D eigenvalue weighted by molar-refractivity contribution is 0.602. The van der Waals surface area contributed by atoms with E-state index in [9.17, 15) is 0 Å². The topological polar surface area (TPSA) is 26.0 Å². The first-order valence-corrected chi connectivity index (χ1v) is 13.1. The molecule has 2 aromatic heterocycles. The third-order valence-corrected chi connectivity index (χ3v) is 7.22. The molecule has 0 N–H and O–H groups in total. The van der Waals surface area contributed by atoms with Gasteiger partial charge in [-0.3, -0.25) is 4.98 Å². The Morgan fingerprint density at radius 1 is 0.359 bits per heavy atom. The van der Waals surface area contributed by atoms with E-state index in [1.54, 1.807) is 0 Å². The third kappa shape index (κ3) is 4.13. The molecule has 2 nitrogen and oxygen atoms in total. The van der Waals surface area contributed by atoms with Gasteiger partial charge >= 0.3 is 0 Å². The van der Waals surface area contributed by atoms with Crippen molar-refractivity contribution in [2.75, 3.05) is 0 Å². The second-order valence-electron chi connectivity index (χ2n) is 9.56. The molecule has 0 bridgehead atoms. The molecule has 0 aliphatic rings. The van der Waals surface area contributed by atoms with Crippen LogP contribution in [0.15, 0.2) is 156 Å². The van der Waals surface area contributed by atoms with E-state index in [1.165, 1.54) is 0 Å². The second-order valence-corrected chi connectivity index (χ2v) is 9.56. The van der Waals surface area contributed by atoms with Crippen LogP contribution in [0.25, 0.3) is 66.8 Å². The fraction of sp³-hybridized carbons (Fsp3) is 0. The summed E-state index contributed by atoms with van der Waals surface area (Å²) in [6, 6.07) is 48.3. The molecule has 0 aliphatic heterocycles. The van der Waals surface area contributed by atoms with Gasteiger partial charge in [0.05, 0.1) is 0 Å². The van der Waals surface area contributed by atoms with Crippen LogP contribution in [-0.4, -0.2) is 4.98 Å². The van der Waals surface area contributed by atoms with Crippen molar-refractivity contribution in [3.63, 3.8) is 0 Å². The molecule has 0 saturated carbocycles. The molecule has 0 amide bonds. The molecule has 39 heavy (non-hydrogen) atoms. The zero-order chi connectivity index (χ0) is 26.0. The van der Waals surface area contributed by atoms with Gasteiger partial charge in [-0.25, -0.2) is 0 Å². The van der Waals surface area contributed by atoms with Gasteiger partial charge in [0, 0.05) is 45.4 Å². The van der Waals surface area contributed by atoms with Crippen LogP contribution in [0.2, 0.25) is 0 Å². The molecule has 0 saturated heterocycles. The number of pyridine rings is 1. The van der Waals surface area contributed by atoms with Gasteiger partial charge in [-0.15, -0.1) is 0 Å². The van der Waals surface area contributed by atoms with Gasteiger partial charge in [0.2, 0.25) is 0 Å². The molecular formula is C37H25NO. The van der Waals surface area contributed by atoms with Crippen LogP contribution in [0, 0.1) is 0 Å². The lowest BCUT2D eigenvalue weighted by atomic mass is 9.91. The fourth-order valence-corrected chi connectivity index (χ4v) is 5.41. The number of fused-ring (bicyclic) bond motifs is 1. The first-order chi connectivity index (χ1) is 19.4. The summed E-state index contributed by atoms with van der Waals surface area (Å²) in [5, 5.41) is 2.17. The Morgan fingerprint density at radius 3 is 1.31 bits per heavy atom. The Kier molecular flexibility index (Phi) is 5.84. The molecule has 184 valence electrons. The largest absolute Gasteiger partial charge is 0.455 e. The third-order valence-electron chi connectivity index (χ3n) is 7.22. The van der Waals surface area contributed by atoms with E-state index in [4.69, 9.17) is 4.42 Å². The van der Waals surface area contributed by atoms with Gasteiger partial charge in [-0.05, 0) is 22.3 Å². The van der Waals surface area contributed by atoms with Gasteiger partial charge in [0.1, 0.15) is 11.5 Å².